The maximum Gasteiger partial charge on any atom is 0.115 e. The van der Waals surface area contributed by atoms with E-state index in [0.29, 0.717) is 22.2 Å². The largest absolute Gasteiger partial charge is 0.508 e. The number of phenolic OH excluding ortho intramolecular Hbond substituents is 2. The molecule has 4 rings (SSSR count). The highest BCUT2D eigenvalue weighted by molar-refractivity contribution is 8.00. The molecule has 2 fully saturated rings. The normalized spacial score (nSPS) is 22.8. The predicted molar refractivity (Wildman–Crippen MR) is 103 cm³/mol. The highest BCUT2D eigenvalue weighted by Crippen LogP contribution is 2.31. The van der Waals surface area contributed by atoms with Gasteiger partial charge in [0.25, 0.3) is 0 Å². The molecule has 2 saturated heterocycles. The smallest absolute Gasteiger partial charge is 0.115 e. The molecule has 2 atom stereocenters. The van der Waals surface area contributed by atoms with E-state index in [9.17, 15) is 0 Å². The van der Waals surface area contributed by atoms with E-state index >= 15 is 0 Å². The van der Waals surface area contributed by atoms with Gasteiger partial charge in [0.1, 0.15) is 11.5 Å². The van der Waals surface area contributed by atoms with Crippen molar-refractivity contribution >= 4 is 23.5 Å². The molecule has 0 radical (unpaired) electrons. The van der Waals surface area contributed by atoms with Crippen molar-refractivity contribution in [3.8, 4) is 11.5 Å². The van der Waals surface area contributed by atoms with Gasteiger partial charge in [0.2, 0.25) is 0 Å². The summed E-state index contributed by atoms with van der Waals surface area (Å²) in [6.45, 7) is 2.16. The first kappa shape index (κ1) is 17.5. The van der Waals surface area contributed by atoms with E-state index in [-0.39, 0.29) is 0 Å². The summed E-state index contributed by atoms with van der Waals surface area (Å²) in [5.41, 5.74) is 2.49. The fourth-order valence-electron chi connectivity index (χ4n) is 2.58. The van der Waals surface area contributed by atoms with Crippen LogP contribution < -0.4 is 10.6 Å². The number of benzene rings is 2. The Morgan fingerprint density at radius 1 is 0.667 bits per heavy atom. The average Bonchev–Trinajstić information content (AvgIpc) is 3.31. The van der Waals surface area contributed by atoms with Gasteiger partial charge in [-0.1, -0.05) is 24.3 Å². The molecular weight excluding hydrogens is 340 g/mol. The number of nitrogens with one attached hydrogen (secondary N) is 2. The fourth-order valence-corrected chi connectivity index (χ4v) is 4.69. The molecule has 0 bridgehead atoms. The van der Waals surface area contributed by atoms with Crippen LogP contribution in [-0.4, -0.2) is 34.8 Å². The Balaban J connectivity index is 0.000000141. The molecule has 2 aliphatic heterocycles. The minimum atomic E-state index is 0.335. The zero-order chi connectivity index (χ0) is 16.8. The summed E-state index contributed by atoms with van der Waals surface area (Å²) >= 11 is 3.82. The van der Waals surface area contributed by atoms with Gasteiger partial charge < -0.3 is 20.8 Å². The Morgan fingerprint density at radius 3 is 1.33 bits per heavy atom. The lowest BCUT2D eigenvalue weighted by atomic mass is 10.2. The average molecular weight is 363 g/mol. The second-order valence-electron chi connectivity index (χ2n) is 5.59. The number of aromatic hydroxyl groups is 2. The Kier molecular flexibility index (Phi) is 6.31. The van der Waals surface area contributed by atoms with Gasteiger partial charge in [-0.2, -0.15) is 0 Å². The maximum atomic E-state index is 9.07. The maximum absolute atomic E-state index is 9.07. The van der Waals surface area contributed by atoms with E-state index in [0.717, 1.165) is 13.1 Å². The lowest BCUT2D eigenvalue weighted by Crippen LogP contribution is -2.11. The molecule has 6 heteroatoms. The van der Waals surface area contributed by atoms with Gasteiger partial charge >= 0.3 is 0 Å². The van der Waals surface area contributed by atoms with Crippen molar-refractivity contribution in [2.45, 2.75) is 10.7 Å². The van der Waals surface area contributed by atoms with Crippen LogP contribution in [0.4, 0.5) is 0 Å². The molecule has 4 nitrogen and oxygen atoms in total. The van der Waals surface area contributed by atoms with Crippen LogP contribution in [0.1, 0.15) is 21.9 Å². The molecule has 2 aromatic rings. The van der Waals surface area contributed by atoms with Gasteiger partial charge in [0.15, 0.2) is 0 Å². The van der Waals surface area contributed by atoms with Gasteiger partial charge in [0.05, 0.1) is 10.7 Å². The van der Waals surface area contributed by atoms with Crippen molar-refractivity contribution in [3.63, 3.8) is 0 Å². The molecule has 128 valence electrons. The summed E-state index contributed by atoms with van der Waals surface area (Å²) in [6, 6.07) is 14.8. The second kappa shape index (κ2) is 8.67. The number of hydrogen-bond donors (Lipinski definition) is 4. The lowest BCUT2D eigenvalue weighted by Gasteiger charge is -2.08. The van der Waals surface area contributed by atoms with Crippen molar-refractivity contribution < 1.29 is 10.2 Å². The van der Waals surface area contributed by atoms with Crippen LogP contribution >= 0.6 is 23.5 Å². The first-order valence-corrected chi connectivity index (χ1v) is 10.1. The first-order valence-electron chi connectivity index (χ1n) is 8.00. The van der Waals surface area contributed by atoms with Crippen LogP contribution in [0.15, 0.2) is 48.5 Å². The standard InChI is InChI=1S/2C9H11NOS/c2*11-8-3-1-7(2-4-8)9-10-5-6-12-9/h2*1-4,9-11H,5-6H2. The number of thioether (sulfide) groups is 2. The van der Waals surface area contributed by atoms with Crippen LogP contribution in [0.25, 0.3) is 0 Å². The molecule has 0 saturated carbocycles. The monoisotopic (exact) mass is 362 g/mol. The molecule has 0 aliphatic carbocycles. The third-order valence-corrected chi connectivity index (χ3v) is 6.25. The van der Waals surface area contributed by atoms with Crippen molar-refractivity contribution in [1.82, 2.24) is 10.6 Å². The number of hydrogen-bond acceptors (Lipinski definition) is 6. The van der Waals surface area contributed by atoms with Gasteiger partial charge in [-0.3, -0.25) is 0 Å². The van der Waals surface area contributed by atoms with E-state index in [1.807, 2.05) is 47.8 Å². The highest BCUT2D eigenvalue weighted by Gasteiger charge is 2.16. The van der Waals surface area contributed by atoms with Gasteiger partial charge in [-0.15, -0.1) is 23.5 Å². The van der Waals surface area contributed by atoms with E-state index in [2.05, 4.69) is 10.6 Å². The minimum Gasteiger partial charge on any atom is -0.508 e. The van der Waals surface area contributed by atoms with Crippen molar-refractivity contribution in [2.24, 2.45) is 0 Å². The molecule has 2 aliphatic rings. The van der Waals surface area contributed by atoms with E-state index < -0.39 is 0 Å². The third-order valence-electron chi connectivity index (χ3n) is 3.82. The Labute approximate surface area is 151 Å². The molecular formula is C18H22N2O2S2. The molecule has 2 heterocycles. The summed E-state index contributed by atoms with van der Waals surface area (Å²) in [5.74, 6) is 3.01. The number of rotatable bonds is 2. The molecule has 2 unspecified atom stereocenters. The summed E-state index contributed by atoms with van der Waals surface area (Å²) in [4.78, 5) is 0. The summed E-state index contributed by atoms with van der Waals surface area (Å²) in [7, 11) is 0. The first-order chi connectivity index (χ1) is 11.7. The van der Waals surface area contributed by atoms with Crippen LogP contribution in [0.3, 0.4) is 0 Å². The molecule has 0 amide bonds. The summed E-state index contributed by atoms with van der Waals surface area (Å²) in [6.07, 6.45) is 0. The molecule has 2 aromatic carbocycles. The summed E-state index contributed by atoms with van der Waals surface area (Å²) in [5, 5.41) is 25.7. The highest BCUT2D eigenvalue weighted by atomic mass is 32.2. The van der Waals surface area contributed by atoms with Gasteiger partial charge in [-0.05, 0) is 35.4 Å². The predicted octanol–water partition coefficient (Wildman–Crippen LogP) is 3.45. The van der Waals surface area contributed by atoms with Crippen molar-refractivity contribution in [3.05, 3.63) is 59.7 Å². The van der Waals surface area contributed by atoms with E-state index in [1.54, 1.807) is 24.3 Å². The Hall–Kier alpha value is -1.34. The van der Waals surface area contributed by atoms with Crippen LogP contribution in [0.5, 0.6) is 11.5 Å². The molecule has 0 spiro atoms. The van der Waals surface area contributed by atoms with E-state index in [1.165, 1.54) is 22.6 Å². The van der Waals surface area contributed by atoms with Crippen molar-refractivity contribution in [2.75, 3.05) is 24.6 Å². The minimum absolute atomic E-state index is 0.335. The molecule has 24 heavy (non-hydrogen) atoms. The van der Waals surface area contributed by atoms with Crippen LogP contribution in [0, 0.1) is 0 Å². The quantitative estimate of drug-likeness (QED) is 0.656. The Morgan fingerprint density at radius 2 is 1.04 bits per heavy atom. The molecule has 4 N–H and O–H groups in total. The van der Waals surface area contributed by atoms with Crippen LogP contribution in [-0.2, 0) is 0 Å². The van der Waals surface area contributed by atoms with Crippen molar-refractivity contribution in [1.29, 1.82) is 0 Å². The summed E-state index contributed by atoms with van der Waals surface area (Å²) < 4.78 is 0. The van der Waals surface area contributed by atoms with E-state index in [4.69, 9.17) is 10.2 Å². The zero-order valence-electron chi connectivity index (χ0n) is 13.3. The topological polar surface area (TPSA) is 64.5 Å². The van der Waals surface area contributed by atoms with Gasteiger partial charge in [-0.25, -0.2) is 0 Å². The third kappa shape index (κ3) is 4.83. The SMILES string of the molecule is Oc1ccc(C2NCCS2)cc1.Oc1ccc(C2NCCS2)cc1. The second-order valence-corrected chi connectivity index (χ2v) is 8.02. The number of phenols is 2. The van der Waals surface area contributed by atoms with Crippen LogP contribution in [0.2, 0.25) is 0 Å². The Bertz CT molecular complexity index is 565. The zero-order valence-corrected chi connectivity index (χ0v) is 14.9. The van der Waals surface area contributed by atoms with Gasteiger partial charge in [0, 0.05) is 24.6 Å². The lowest BCUT2D eigenvalue weighted by molar-refractivity contribution is 0.474. The molecule has 0 aromatic heterocycles. The fraction of sp³-hybridized carbons (Fsp3) is 0.333.